The maximum absolute atomic E-state index is 11.6. The minimum absolute atomic E-state index is 0.00104. The number of hydrogen-bond donors (Lipinski definition) is 1. The standard InChI is InChI=1S/C16H24N2O3S/c1-4-18-10-9-14(17-12(2)19)11-16(18)13-5-7-15(8-6-13)22(3,20)21/h5-8,14,16H,4,9-11H2,1-3H3,(H,17,19). The lowest BCUT2D eigenvalue weighted by Crippen LogP contribution is -2.45. The molecular weight excluding hydrogens is 300 g/mol. The van der Waals surface area contributed by atoms with Crippen molar-refractivity contribution in [2.24, 2.45) is 0 Å². The molecule has 1 amide bonds. The van der Waals surface area contributed by atoms with Crippen LogP contribution in [-0.4, -0.2) is 44.6 Å². The number of nitrogens with zero attached hydrogens (tertiary/aromatic N) is 1. The number of sulfone groups is 1. The van der Waals surface area contributed by atoms with E-state index < -0.39 is 9.84 Å². The molecular formula is C16H24N2O3S. The molecule has 22 heavy (non-hydrogen) atoms. The quantitative estimate of drug-likeness (QED) is 0.916. The van der Waals surface area contributed by atoms with Gasteiger partial charge in [-0.3, -0.25) is 9.69 Å². The second-order valence-corrected chi connectivity index (χ2v) is 7.92. The largest absolute Gasteiger partial charge is 0.353 e. The smallest absolute Gasteiger partial charge is 0.217 e. The molecule has 1 saturated heterocycles. The molecule has 2 rings (SSSR count). The highest BCUT2D eigenvalue weighted by molar-refractivity contribution is 7.90. The lowest BCUT2D eigenvalue weighted by Gasteiger charge is -2.39. The van der Waals surface area contributed by atoms with Crippen LogP contribution in [0.25, 0.3) is 0 Å². The first-order valence-electron chi connectivity index (χ1n) is 7.62. The summed E-state index contributed by atoms with van der Waals surface area (Å²) in [6, 6.07) is 7.50. The Bertz CT molecular complexity index is 625. The third kappa shape index (κ3) is 4.08. The number of rotatable bonds is 4. The summed E-state index contributed by atoms with van der Waals surface area (Å²) in [5, 5.41) is 3.00. The van der Waals surface area contributed by atoms with Crippen molar-refractivity contribution < 1.29 is 13.2 Å². The highest BCUT2D eigenvalue weighted by Gasteiger charge is 2.29. The van der Waals surface area contributed by atoms with Crippen molar-refractivity contribution >= 4 is 15.7 Å². The molecule has 1 aliphatic rings. The summed E-state index contributed by atoms with van der Waals surface area (Å²) in [6.45, 7) is 5.53. The van der Waals surface area contributed by atoms with E-state index in [0.29, 0.717) is 4.90 Å². The number of nitrogens with one attached hydrogen (secondary N) is 1. The average Bonchev–Trinajstić information content (AvgIpc) is 2.46. The van der Waals surface area contributed by atoms with E-state index in [1.54, 1.807) is 19.1 Å². The Kier molecular flexibility index (Phi) is 5.24. The predicted molar refractivity (Wildman–Crippen MR) is 86.4 cm³/mol. The fraction of sp³-hybridized carbons (Fsp3) is 0.562. The van der Waals surface area contributed by atoms with Gasteiger partial charge in [-0.2, -0.15) is 0 Å². The Morgan fingerprint density at radius 3 is 2.45 bits per heavy atom. The van der Waals surface area contributed by atoms with Crippen molar-refractivity contribution in [3.05, 3.63) is 29.8 Å². The number of amides is 1. The van der Waals surface area contributed by atoms with Gasteiger partial charge < -0.3 is 5.32 Å². The van der Waals surface area contributed by atoms with Gasteiger partial charge in [-0.05, 0) is 37.1 Å². The summed E-state index contributed by atoms with van der Waals surface area (Å²) in [5.74, 6) is 0.00104. The molecule has 0 aromatic heterocycles. The second kappa shape index (κ2) is 6.79. The number of benzene rings is 1. The van der Waals surface area contributed by atoms with Crippen LogP contribution < -0.4 is 5.32 Å². The SMILES string of the molecule is CCN1CCC(NC(C)=O)CC1c1ccc(S(C)(=O)=O)cc1. The number of hydrogen-bond acceptors (Lipinski definition) is 4. The highest BCUT2D eigenvalue weighted by Crippen LogP contribution is 2.31. The molecule has 2 unspecified atom stereocenters. The summed E-state index contributed by atoms with van der Waals surface area (Å²) in [4.78, 5) is 14.0. The zero-order valence-corrected chi connectivity index (χ0v) is 14.2. The minimum Gasteiger partial charge on any atom is -0.353 e. The molecule has 0 radical (unpaired) electrons. The molecule has 6 heteroatoms. The Hall–Kier alpha value is -1.40. The first kappa shape index (κ1) is 17.0. The van der Waals surface area contributed by atoms with Gasteiger partial charge in [0.2, 0.25) is 5.91 Å². The van der Waals surface area contributed by atoms with E-state index in [-0.39, 0.29) is 18.0 Å². The van der Waals surface area contributed by atoms with Gasteiger partial charge in [-0.25, -0.2) is 8.42 Å². The fourth-order valence-corrected chi connectivity index (χ4v) is 3.73. The van der Waals surface area contributed by atoms with Crippen molar-refractivity contribution in [1.29, 1.82) is 0 Å². The van der Waals surface area contributed by atoms with Crippen LogP contribution in [0.4, 0.5) is 0 Å². The summed E-state index contributed by atoms with van der Waals surface area (Å²) in [6.07, 6.45) is 3.02. The van der Waals surface area contributed by atoms with Crippen molar-refractivity contribution in [1.82, 2.24) is 10.2 Å². The van der Waals surface area contributed by atoms with Gasteiger partial charge >= 0.3 is 0 Å². The van der Waals surface area contributed by atoms with E-state index in [4.69, 9.17) is 0 Å². The summed E-state index contributed by atoms with van der Waals surface area (Å²) in [7, 11) is -3.17. The highest BCUT2D eigenvalue weighted by atomic mass is 32.2. The molecule has 5 nitrogen and oxygen atoms in total. The summed E-state index contributed by atoms with van der Waals surface area (Å²) < 4.78 is 23.1. The van der Waals surface area contributed by atoms with Crippen LogP contribution in [0.15, 0.2) is 29.2 Å². The maximum Gasteiger partial charge on any atom is 0.217 e. The monoisotopic (exact) mass is 324 g/mol. The average molecular weight is 324 g/mol. The van der Waals surface area contributed by atoms with Gasteiger partial charge in [0.25, 0.3) is 0 Å². The van der Waals surface area contributed by atoms with Gasteiger partial charge in [0.15, 0.2) is 9.84 Å². The van der Waals surface area contributed by atoms with E-state index in [1.165, 1.54) is 6.26 Å². The van der Waals surface area contributed by atoms with Crippen LogP contribution in [0, 0.1) is 0 Å². The summed E-state index contributed by atoms with van der Waals surface area (Å²) in [5.41, 5.74) is 1.10. The Labute approximate surface area is 132 Å². The molecule has 0 spiro atoms. The minimum atomic E-state index is -3.17. The van der Waals surface area contributed by atoms with Gasteiger partial charge in [0.1, 0.15) is 0 Å². The zero-order valence-electron chi connectivity index (χ0n) is 13.4. The van der Waals surface area contributed by atoms with E-state index in [9.17, 15) is 13.2 Å². The van der Waals surface area contributed by atoms with E-state index in [2.05, 4.69) is 17.1 Å². The molecule has 1 fully saturated rings. The Morgan fingerprint density at radius 1 is 1.32 bits per heavy atom. The first-order chi connectivity index (χ1) is 10.3. The number of likely N-dealkylation sites (tertiary alicyclic amines) is 1. The van der Waals surface area contributed by atoms with E-state index in [1.807, 2.05) is 12.1 Å². The fourth-order valence-electron chi connectivity index (χ4n) is 3.10. The van der Waals surface area contributed by atoms with Crippen LogP contribution in [0.3, 0.4) is 0 Å². The Balaban J connectivity index is 2.20. The molecule has 0 saturated carbocycles. The topological polar surface area (TPSA) is 66.5 Å². The van der Waals surface area contributed by atoms with Crippen LogP contribution in [-0.2, 0) is 14.6 Å². The van der Waals surface area contributed by atoms with Crippen LogP contribution >= 0.6 is 0 Å². The van der Waals surface area contributed by atoms with E-state index >= 15 is 0 Å². The van der Waals surface area contributed by atoms with Crippen LogP contribution in [0.1, 0.15) is 38.3 Å². The van der Waals surface area contributed by atoms with Crippen LogP contribution in [0.5, 0.6) is 0 Å². The molecule has 1 N–H and O–H groups in total. The van der Waals surface area contributed by atoms with Crippen molar-refractivity contribution in [2.75, 3.05) is 19.3 Å². The molecule has 1 heterocycles. The second-order valence-electron chi connectivity index (χ2n) is 5.91. The van der Waals surface area contributed by atoms with Crippen molar-refractivity contribution in [3.8, 4) is 0 Å². The van der Waals surface area contributed by atoms with Gasteiger partial charge in [0.05, 0.1) is 4.90 Å². The molecule has 1 aromatic carbocycles. The summed E-state index contributed by atoms with van der Waals surface area (Å²) >= 11 is 0. The molecule has 1 aromatic rings. The third-order valence-electron chi connectivity index (χ3n) is 4.22. The first-order valence-corrected chi connectivity index (χ1v) is 9.51. The molecule has 2 atom stereocenters. The molecule has 0 bridgehead atoms. The third-order valence-corrected chi connectivity index (χ3v) is 5.35. The Morgan fingerprint density at radius 2 is 1.95 bits per heavy atom. The van der Waals surface area contributed by atoms with Crippen LogP contribution in [0.2, 0.25) is 0 Å². The molecule has 0 aliphatic carbocycles. The molecule has 122 valence electrons. The molecule has 1 aliphatic heterocycles. The number of piperidine rings is 1. The van der Waals surface area contributed by atoms with Crippen molar-refractivity contribution in [3.63, 3.8) is 0 Å². The van der Waals surface area contributed by atoms with Gasteiger partial charge in [-0.1, -0.05) is 19.1 Å². The lowest BCUT2D eigenvalue weighted by atomic mass is 9.91. The lowest BCUT2D eigenvalue weighted by molar-refractivity contribution is -0.120. The predicted octanol–water partition coefficient (Wildman–Crippen LogP) is 1.75. The van der Waals surface area contributed by atoms with Crippen molar-refractivity contribution in [2.45, 2.75) is 43.7 Å². The maximum atomic E-state index is 11.6. The number of carbonyl (C=O) groups is 1. The van der Waals surface area contributed by atoms with Gasteiger partial charge in [-0.15, -0.1) is 0 Å². The number of carbonyl (C=O) groups excluding carboxylic acids is 1. The van der Waals surface area contributed by atoms with E-state index in [0.717, 1.165) is 31.5 Å². The zero-order chi connectivity index (χ0) is 16.3. The van der Waals surface area contributed by atoms with Gasteiger partial charge in [0, 0.05) is 31.8 Å². The normalized spacial score (nSPS) is 23.2.